The number of piperazine rings is 1. The molecule has 2 N–H and O–H groups in total. The van der Waals surface area contributed by atoms with Crippen LogP contribution in [0.15, 0.2) is 18.2 Å². The zero-order valence-electron chi connectivity index (χ0n) is 9.82. The van der Waals surface area contributed by atoms with Crippen LogP contribution in [0, 0.1) is 5.82 Å². The lowest BCUT2D eigenvalue weighted by Gasteiger charge is -2.33. The van der Waals surface area contributed by atoms with Crippen LogP contribution in [0.3, 0.4) is 0 Å². The molecule has 1 saturated heterocycles. The monoisotopic (exact) mass is 260 g/mol. The van der Waals surface area contributed by atoms with Gasteiger partial charge in [-0.05, 0) is 13.0 Å². The van der Waals surface area contributed by atoms with Gasteiger partial charge in [0.05, 0.1) is 0 Å². The molecule has 1 aliphatic rings. The normalized spacial score (nSPS) is 18.5. The molecule has 0 unspecified atom stereocenters. The molecule has 1 aromatic rings. The second-order valence-corrected chi connectivity index (χ2v) is 4.17. The summed E-state index contributed by atoms with van der Waals surface area (Å²) >= 11 is 0. The quantitative estimate of drug-likeness (QED) is 0.853. The number of rotatable bonds is 2. The van der Waals surface area contributed by atoms with E-state index in [-0.39, 0.29) is 30.0 Å². The van der Waals surface area contributed by atoms with Crippen molar-refractivity contribution in [2.75, 3.05) is 26.2 Å². The Balaban J connectivity index is 0.00000144. The molecular weight excluding hydrogens is 243 g/mol. The fraction of sp³-hybridized carbons (Fsp3) is 0.500. The van der Waals surface area contributed by atoms with Gasteiger partial charge in [-0.25, -0.2) is 4.39 Å². The summed E-state index contributed by atoms with van der Waals surface area (Å²) in [7, 11) is 0. The standard InChI is InChI=1S/C12H17FN2O.ClH/c1-9(15-6-4-14-5-7-15)11-3-2-10(16)8-12(11)13;/h2-3,8-9,14,16H,4-7H2,1H3;1H/t9-;/m1./s1. The van der Waals surface area contributed by atoms with E-state index in [1.54, 1.807) is 6.07 Å². The first-order valence-electron chi connectivity index (χ1n) is 5.61. The average Bonchev–Trinajstić information content (AvgIpc) is 2.29. The Morgan fingerprint density at radius 1 is 1.35 bits per heavy atom. The first kappa shape index (κ1) is 14.2. The van der Waals surface area contributed by atoms with Crippen LogP contribution < -0.4 is 5.32 Å². The van der Waals surface area contributed by atoms with Crippen molar-refractivity contribution < 1.29 is 9.50 Å². The molecule has 0 spiro atoms. The van der Waals surface area contributed by atoms with E-state index in [0.717, 1.165) is 26.2 Å². The van der Waals surface area contributed by atoms with Gasteiger partial charge < -0.3 is 10.4 Å². The molecular formula is C12H18ClFN2O. The molecule has 0 radical (unpaired) electrons. The van der Waals surface area contributed by atoms with Crippen molar-refractivity contribution in [1.29, 1.82) is 0 Å². The molecule has 0 amide bonds. The van der Waals surface area contributed by atoms with Crippen molar-refractivity contribution in [3.63, 3.8) is 0 Å². The molecule has 5 heteroatoms. The number of hydrogen-bond donors (Lipinski definition) is 2. The molecule has 0 aromatic heterocycles. The van der Waals surface area contributed by atoms with Crippen LogP contribution in [-0.2, 0) is 0 Å². The van der Waals surface area contributed by atoms with E-state index in [1.807, 2.05) is 6.92 Å². The summed E-state index contributed by atoms with van der Waals surface area (Å²) in [6.45, 7) is 5.76. The van der Waals surface area contributed by atoms with Crippen molar-refractivity contribution in [2.45, 2.75) is 13.0 Å². The zero-order chi connectivity index (χ0) is 11.5. The van der Waals surface area contributed by atoms with Gasteiger partial charge >= 0.3 is 0 Å². The van der Waals surface area contributed by atoms with Crippen molar-refractivity contribution in [1.82, 2.24) is 10.2 Å². The van der Waals surface area contributed by atoms with Crippen molar-refractivity contribution >= 4 is 12.4 Å². The summed E-state index contributed by atoms with van der Waals surface area (Å²) < 4.78 is 13.7. The Morgan fingerprint density at radius 2 is 2.00 bits per heavy atom. The number of halogens is 2. The Bertz CT molecular complexity index is 370. The Morgan fingerprint density at radius 3 is 2.59 bits per heavy atom. The maximum Gasteiger partial charge on any atom is 0.131 e. The van der Waals surface area contributed by atoms with E-state index < -0.39 is 0 Å². The van der Waals surface area contributed by atoms with Crippen LogP contribution in [0.4, 0.5) is 4.39 Å². The van der Waals surface area contributed by atoms with Crippen molar-refractivity contribution in [3.8, 4) is 5.75 Å². The predicted octanol–water partition coefficient (Wildman–Crippen LogP) is 1.92. The topological polar surface area (TPSA) is 35.5 Å². The highest BCUT2D eigenvalue weighted by Gasteiger charge is 2.20. The first-order chi connectivity index (χ1) is 7.68. The largest absolute Gasteiger partial charge is 0.508 e. The second kappa shape index (κ2) is 6.19. The molecule has 96 valence electrons. The molecule has 1 atom stereocenters. The maximum atomic E-state index is 13.7. The van der Waals surface area contributed by atoms with Gasteiger partial charge in [0.15, 0.2) is 0 Å². The fourth-order valence-corrected chi connectivity index (χ4v) is 2.12. The summed E-state index contributed by atoms with van der Waals surface area (Å²) in [5, 5.41) is 12.4. The number of phenols is 1. The highest BCUT2D eigenvalue weighted by Crippen LogP contribution is 2.25. The zero-order valence-corrected chi connectivity index (χ0v) is 10.6. The van der Waals surface area contributed by atoms with Gasteiger partial charge in [-0.1, -0.05) is 6.07 Å². The Hall–Kier alpha value is -0.840. The summed E-state index contributed by atoms with van der Waals surface area (Å²) in [6.07, 6.45) is 0. The number of aromatic hydroxyl groups is 1. The van der Waals surface area contributed by atoms with Crippen LogP contribution >= 0.6 is 12.4 Å². The summed E-state index contributed by atoms with van der Waals surface area (Å²) in [5.74, 6) is -0.347. The maximum absolute atomic E-state index is 13.7. The first-order valence-corrected chi connectivity index (χ1v) is 5.61. The van der Waals surface area contributed by atoms with Crippen LogP contribution in [0.2, 0.25) is 0 Å². The van der Waals surface area contributed by atoms with E-state index in [0.29, 0.717) is 5.56 Å². The lowest BCUT2D eigenvalue weighted by Crippen LogP contribution is -2.44. The van der Waals surface area contributed by atoms with Gasteiger partial charge in [-0.3, -0.25) is 4.90 Å². The molecule has 0 bridgehead atoms. The van der Waals surface area contributed by atoms with Gasteiger partial charge in [0.25, 0.3) is 0 Å². The molecule has 3 nitrogen and oxygen atoms in total. The molecule has 2 rings (SSSR count). The number of hydrogen-bond acceptors (Lipinski definition) is 3. The summed E-state index contributed by atoms with van der Waals surface area (Å²) in [5.41, 5.74) is 0.653. The third-order valence-corrected chi connectivity index (χ3v) is 3.13. The second-order valence-electron chi connectivity index (χ2n) is 4.17. The Labute approximate surface area is 107 Å². The van der Waals surface area contributed by atoms with Crippen LogP contribution in [0.25, 0.3) is 0 Å². The number of nitrogens with zero attached hydrogens (tertiary/aromatic N) is 1. The lowest BCUT2D eigenvalue weighted by molar-refractivity contribution is 0.182. The fourth-order valence-electron chi connectivity index (χ4n) is 2.12. The average molecular weight is 261 g/mol. The molecule has 1 fully saturated rings. The molecule has 1 aliphatic heterocycles. The summed E-state index contributed by atoms with van der Waals surface area (Å²) in [4.78, 5) is 2.24. The molecule has 1 heterocycles. The van der Waals surface area contributed by atoms with Gasteiger partial charge in [-0.15, -0.1) is 12.4 Å². The van der Waals surface area contributed by atoms with Gasteiger partial charge in [0, 0.05) is 43.9 Å². The van der Waals surface area contributed by atoms with Crippen LogP contribution in [0.1, 0.15) is 18.5 Å². The predicted molar refractivity (Wildman–Crippen MR) is 68.2 cm³/mol. The lowest BCUT2D eigenvalue weighted by atomic mass is 10.1. The van der Waals surface area contributed by atoms with E-state index in [1.165, 1.54) is 12.1 Å². The minimum atomic E-state index is -0.328. The Kier molecular flexibility index (Phi) is 5.18. The van der Waals surface area contributed by atoms with Gasteiger partial charge in [0.2, 0.25) is 0 Å². The molecule has 0 saturated carbocycles. The highest BCUT2D eigenvalue weighted by atomic mass is 35.5. The number of phenolic OH excluding ortho intramolecular Hbond substituents is 1. The third kappa shape index (κ3) is 3.31. The van der Waals surface area contributed by atoms with E-state index in [9.17, 15) is 4.39 Å². The summed E-state index contributed by atoms with van der Waals surface area (Å²) in [6, 6.07) is 4.44. The van der Waals surface area contributed by atoms with Crippen molar-refractivity contribution in [3.05, 3.63) is 29.6 Å². The van der Waals surface area contributed by atoms with E-state index >= 15 is 0 Å². The van der Waals surface area contributed by atoms with Crippen molar-refractivity contribution in [2.24, 2.45) is 0 Å². The van der Waals surface area contributed by atoms with Crippen LogP contribution in [-0.4, -0.2) is 36.2 Å². The van der Waals surface area contributed by atoms with Gasteiger partial charge in [0.1, 0.15) is 11.6 Å². The molecule has 17 heavy (non-hydrogen) atoms. The minimum Gasteiger partial charge on any atom is -0.508 e. The smallest absolute Gasteiger partial charge is 0.131 e. The minimum absolute atomic E-state index is 0. The molecule has 0 aliphatic carbocycles. The SMILES string of the molecule is C[C@H](c1ccc(O)cc1F)N1CCNCC1.Cl. The van der Waals surface area contributed by atoms with E-state index in [4.69, 9.17) is 5.11 Å². The van der Waals surface area contributed by atoms with Crippen LogP contribution in [0.5, 0.6) is 5.75 Å². The third-order valence-electron chi connectivity index (χ3n) is 3.13. The number of benzene rings is 1. The molecule has 1 aromatic carbocycles. The van der Waals surface area contributed by atoms with Gasteiger partial charge in [-0.2, -0.15) is 0 Å². The van der Waals surface area contributed by atoms with E-state index in [2.05, 4.69) is 10.2 Å². The number of nitrogens with one attached hydrogen (secondary N) is 1. The highest BCUT2D eigenvalue weighted by molar-refractivity contribution is 5.85.